The number of hydrogen-bond acceptors (Lipinski definition) is 3. The SMILES string of the molecule is O=C(NCCCn1cnc2ccccc21)c1ccc(COCC(F)(F)F)cc1. The summed E-state index contributed by atoms with van der Waals surface area (Å²) < 4.78 is 42.8. The number of carbonyl (C=O) groups is 1. The largest absolute Gasteiger partial charge is 0.411 e. The van der Waals surface area contributed by atoms with E-state index in [2.05, 4.69) is 15.0 Å². The number of para-hydroxylation sites is 2. The highest BCUT2D eigenvalue weighted by Gasteiger charge is 2.27. The smallest absolute Gasteiger partial charge is 0.367 e. The van der Waals surface area contributed by atoms with E-state index in [-0.39, 0.29) is 12.5 Å². The minimum absolute atomic E-state index is 0.153. The number of aryl methyl sites for hydroxylation is 1. The van der Waals surface area contributed by atoms with Gasteiger partial charge in [-0.3, -0.25) is 4.79 Å². The van der Waals surface area contributed by atoms with Crippen molar-refractivity contribution in [2.45, 2.75) is 25.7 Å². The summed E-state index contributed by atoms with van der Waals surface area (Å²) in [5, 5.41) is 2.84. The first-order valence-electron chi connectivity index (χ1n) is 8.84. The number of amides is 1. The van der Waals surface area contributed by atoms with Crippen LogP contribution in [0.15, 0.2) is 54.9 Å². The van der Waals surface area contributed by atoms with Crippen LogP contribution in [0, 0.1) is 0 Å². The van der Waals surface area contributed by atoms with Gasteiger partial charge in [-0.15, -0.1) is 0 Å². The van der Waals surface area contributed by atoms with Gasteiger partial charge in [0.1, 0.15) is 6.61 Å². The predicted molar refractivity (Wildman–Crippen MR) is 98.8 cm³/mol. The molecular formula is C20H20F3N3O2. The van der Waals surface area contributed by atoms with E-state index in [4.69, 9.17) is 0 Å². The number of nitrogens with zero attached hydrogens (tertiary/aromatic N) is 2. The standard InChI is InChI=1S/C20H20F3N3O2/c21-20(22,23)13-28-12-15-6-8-16(9-7-15)19(27)24-10-3-11-26-14-25-17-4-1-2-5-18(17)26/h1-2,4-9,14H,3,10-13H2,(H,24,27). The maximum Gasteiger partial charge on any atom is 0.411 e. The van der Waals surface area contributed by atoms with Crippen LogP contribution in [0.25, 0.3) is 11.0 Å². The molecule has 1 heterocycles. The van der Waals surface area contributed by atoms with Crippen molar-refractivity contribution >= 4 is 16.9 Å². The van der Waals surface area contributed by atoms with E-state index in [1.807, 2.05) is 28.8 Å². The molecule has 5 nitrogen and oxygen atoms in total. The van der Waals surface area contributed by atoms with Crippen LogP contribution in [-0.4, -0.2) is 34.8 Å². The van der Waals surface area contributed by atoms with Gasteiger partial charge in [-0.1, -0.05) is 24.3 Å². The molecule has 0 radical (unpaired) electrons. The van der Waals surface area contributed by atoms with Crippen LogP contribution >= 0.6 is 0 Å². The van der Waals surface area contributed by atoms with Crippen molar-refractivity contribution in [1.29, 1.82) is 0 Å². The summed E-state index contributed by atoms with van der Waals surface area (Å²) in [6.07, 6.45) is -1.82. The Morgan fingerprint density at radius 2 is 1.86 bits per heavy atom. The molecule has 0 spiro atoms. The number of alkyl halides is 3. The highest BCUT2D eigenvalue weighted by molar-refractivity contribution is 5.94. The van der Waals surface area contributed by atoms with Crippen molar-refractivity contribution in [2.24, 2.45) is 0 Å². The van der Waals surface area contributed by atoms with Crippen LogP contribution in [0.4, 0.5) is 13.2 Å². The number of rotatable bonds is 8. The van der Waals surface area contributed by atoms with Gasteiger partial charge < -0.3 is 14.6 Å². The quantitative estimate of drug-likeness (QED) is 0.592. The van der Waals surface area contributed by atoms with Gasteiger partial charge in [-0.05, 0) is 36.2 Å². The van der Waals surface area contributed by atoms with Crippen LogP contribution in [0.2, 0.25) is 0 Å². The monoisotopic (exact) mass is 391 g/mol. The molecule has 0 atom stereocenters. The fraction of sp³-hybridized carbons (Fsp3) is 0.300. The summed E-state index contributed by atoms with van der Waals surface area (Å²) in [4.78, 5) is 16.5. The maximum atomic E-state index is 12.2. The molecule has 0 aliphatic carbocycles. The molecule has 0 aliphatic rings. The molecular weight excluding hydrogens is 371 g/mol. The van der Waals surface area contributed by atoms with Gasteiger partial charge in [0, 0.05) is 18.7 Å². The second kappa shape index (κ2) is 8.88. The Labute approximate surface area is 160 Å². The van der Waals surface area contributed by atoms with E-state index in [0.29, 0.717) is 17.7 Å². The third-order valence-corrected chi connectivity index (χ3v) is 4.14. The molecule has 1 N–H and O–H groups in total. The molecule has 148 valence electrons. The van der Waals surface area contributed by atoms with Crippen LogP contribution < -0.4 is 5.32 Å². The summed E-state index contributed by atoms with van der Waals surface area (Å²) in [5.74, 6) is -0.224. The van der Waals surface area contributed by atoms with Crippen molar-refractivity contribution in [1.82, 2.24) is 14.9 Å². The van der Waals surface area contributed by atoms with Crippen molar-refractivity contribution in [3.05, 3.63) is 66.0 Å². The fourth-order valence-corrected chi connectivity index (χ4v) is 2.78. The summed E-state index contributed by atoms with van der Waals surface area (Å²) in [6, 6.07) is 14.2. The van der Waals surface area contributed by atoms with Gasteiger partial charge in [0.15, 0.2) is 0 Å². The molecule has 1 amide bonds. The van der Waals surface area contributed by atoms with Crippen molar-refractivity contribution < 1.29 is 22.7 Å². The normalized spacial score (nSPS) is 11.7. The molecule has 0 aliphatic heterocycles. The Morgan fingerprint density at radius 1 is 1.11 bits per heavy atom. The Morgan fingerprint density at radius 3 is 2.61 bits per heavy atom. The van der Waals surface area contributed by atoms with Gasteiger partial charge in [0.25, 0.3) is 5.91 Å². The fourth-order valence-electron chi connectivity index (χ4n) is 2.78. The van der Waals surface area contributed by atoms with Crippen LogP contribution in [-0.2, 0) is 17.9 Å². The van der Waals surface area contributed by atoms with Gasteiger partial charge >= 0.3 is 6.18 Å². The molecule has 0 saturated heterocycles. The number of benzene rings is 2. The number of aromatic nitrogens is 2. The minimum atomic E-state index is -4.34. The lowest BCUT2D eigenvalue weighted by molar-refractivity contribution is -0.176. The van der Waals surface area contributed by atoms with Gasteiger partial charge in [0.05, 0.1) is 24.0 Å². The number of carbonyl (C=O) groups excluding carboxylic acids is 1. The Balaban J connectivity index is 1.42. The highest BCUT2D eigenvalue weighted by atomic mass is 19.4. The van der Waals surface area contributed by atoms with Crippen molar-refractivity contribution in [3.8, 4) is 0 Å². The molecule has 8 heteroatoms. The lowest BCUT2D eigenvalue weighted by atomic mass is 10.1. The topological polar surface area (TPSA) is 56.2 Å². The molecule has 1 aromatic heterocycles. The van der Waals surface area contributed by atoms with Gasteiger partial charge in [-0.2, -0.15) is 13.2 Å². The van der Waals surface area contributed by atoms with E-state index < -0.39 is 12.8 Å². The number of imidazole rings is 1. The predicted octanol–water partition coefficient (Wildman–Crippen LogP) is 3.94. The zero-order chi connectivity index (χ0) is 20.0. The highest BCUT2D eigenvalue weighted by Crippen LogP contribution is 2.16. The average molecular weight is 391 g/mol. The van der Waals surface area contributed by atoms with E-state index in [9.17, 15) is 18.0 Å². The average Bonchev–Trinajstić information content (AvgIpc) is 3.08. The first kappa shape index (κ1) is 19.9. The number of halogens is 3. The van der Waals surface area contributed by atoms with Crippen molar-refractivity contribution in [3.63, 3.8) is 0 Å². The van der Waals surface area contributed by atoms with E-state index in [1.165, 1.54) is 0 Å². The first-order chi connectivity index (χ1) is 13.4. The zero-order valence-electron chi connectivity index (χ0n) is 15.1. The summed E-state index contributed by atoms with van der Waals surface area (Å²) in [5.41, 5.74) is 3.02. The minimum Gasteiger partial charge on any atom is -0.367 e. The molecule has 0 fully saturated rings. The molecule has 2 aromatic carbocycles. The summed E-state index contributed by atoms with van der Waals surface area (Å²) in [6.45, 7) is -0.209. The van der Waals surface area contributed by atoms with Crippen LogP contribution in [0.3, 0.4) is 0 Å². The maximum absolute atomic E-state index is 12.2. The second-order valence-corrected chi connectivity index (χ2v) is 6.34. The number of nitrogens with one attached hydrogen (secondary N) is 1. The Hall–Kier alpha value is -2.87. The molecule has 28 heavy (non-hydrogen) atoms. The first-order valence-corrected chi connectivity index (χ1v) is 8.84. The van der Waals surface area contributed by atoms with E-state index in [1.54, 1.807) is 30.6 Å². The molecule has 3 rings (SSSR count). The molecule has 3 aromatic rings. The number of fused-ring (bicyclic) bond motifs is 1. The van der Waals surface area contributed by atoms with E-state index in [0.717, 1.165) is 24.0 Å². The third-order valence-electron chi connectivity index (χ3n) is 4.14. The third kappa shape index (κ3) is 5.56. The van der Waals surface area contributed by atoms with Crippen LogP contribution in [0.1, 0.15) is 22.3 Å². The Kier molecular flexibility index (Phi) is 6.30. The van der Waals surface area contributed by atoms with E-state index >= 15 is 0 Å². The lowest BCUT2D eigenvalue weighted by Gasteiger charge is -2.09. The molecule has 0 unspecified atom stereocenters. The zero-order valence-corrected chi connectivity index (χ0v) is 15.1. The van der Waals surface area contributed by atoms with Gasteiger partial charge in [0.2, 0.25) is 0 Å². The lowest BCUT2D eigenvalue weighted by Crippen LogP contribution is -2.25. The van der Waals surface area contributed by atoms with Gasteiger partial charge in [-0.25, -0.2) is 4.98 Å². The van der Waals surface area contributed by atoms with Crippen molar-refractivity contribution in [2.75, 3.05) is 13.2 Å². The van der Waals surface area contributed by atoms with Crippen LogP contribution in [0.5, 0.6) is 0 Å². The summed E-state index contributed by atoms with van der Waals surface area (Å²) >= 11 is 0. The Bertz CT molecular complexity index is 920. The number of hydrogen-bond donors (Lipinski definition) is 1. The second-order valence-electron chi connectivity index (χ2n) is 6.34. The summed E-state index contributed by atoms with van der Waals surface area (Å²) in [7, 11) is 0. The molecule has 0 bridgehead atoms. The number of ether oxygens (including phenoxy) is 1. The molecule has 0 saturated carbocycles.